The van der Waals surface area contributed by atoms with E-state index in [1.54, 1.807) is 4.57 Å². The summed E-state index contributed by atoms with van der Waals surface area (Å²) in [5, 5.41) is 32.9. The van der Waals surface area contributed by atoms with Gasteiger partial charge in [-0.2, -0.15) is 0 Å². The van der Waals surface area contributed by atoms with Crippen molar-refractivity contribution < 1.29 is 20.1 Å². The molecule has 2 aromatic heterocycles. The van der Waals surface area contributed by atoms with Gasteiger partial charge < -0.3 is 25.4 Å². The lowest BCUT2D eigenvalue weighted by atomic mass is 10.1. The molecular formula is C19H23N5O4. The van der Waals surface area contributed by atoms with Crippen LogP contribution in [0.4, 0.5) is 5.82 Å². The highest BCUT2D eigenvalue weighted by molar-refractivity contribution is 5.82. The molecule has 0 radical (unpaired) electrons. The van der Waals surface area contributed by atoms with Crippen LogP contribution in [0.5, 0.6) is 0 Å². The molecule has 4 rings (SSSR count). The van der Waals surface area contributed by atoms with E-state index in [0.717, 1.165) is 6.42 Å². The third-order valence-electron chi connectivity index (χ3n) is 4.92. The van der Waals surface area contributed by atoms with Gasteiger partial charge in [-0.25, -0.2) is 15.0 Å². The summed E-state index contributed by atoms with van der Waals surface area (Å²) in [6, 6.07) is 10.3. The first-order valence-electron chi connectivity index (χ1n) is 9.19. The second kappa shape index (κ2) is 7.80. The number of rotatable bonds is 6. The average Bonchev–Trinajstić information content (AvgIpc) is 3.25. The van der Waals surface area contributed by atoms with Gasteiger partial charge in [-0.1, -0.05) is 30.3 Å². The van der Waals surface area contributed by atoms with Crippen molar-refractivity contribution in [2.24, 2.45) is 0 Å². The number of hydrogen-bond donors (Lipinski definition) is 4. The zero-order valence-electron chi connectivity index (χ0n) is 15.4. The van der Waals surface area contributed by atoms with Gasteiger partial charge in [-0.05, 0) is 18.9 Å². The number of nitrogens with one attached hydrogen (secondary N) is 1. The number of ether oxygens (including phenoxy) is 1. The van der Waals surface area contributed by atoms with E-state index in [1.807, 2.05) is 18.2 Å². The van der Waals surface area contributed by atoms with Gasteiger partial charge in [0, 0.05) is 6.04 Å². The van der Waals surface area contributed by atoms with Crippen LogP contribution < -0.4 is 5.32 Å². The van der Waals surface area contributed by atoms with Crippen molar-refractivity contribution in [2.45, 2.75) is 43.9 Å². The normalized spacial score (nSPS) is 25.9. The molecule has 4 N–H and O–H groups in total. The Labute approximate surface area is 161 Å². The van der Waals surface area contributed by atoms with Crippen molar-refractivity contribution in [1.29, 1.82) is 0 Å². The lowest BCUT2D eigenvalue weighted by molar-refractivity contribution is -0.0511. The fourth-order valence-corrected chi connectivity index (χ4v) is 3.51. The Morgan fingerprint density at radius 3 is 2.64 bits per heavy atom. The Balaban J connectivity index is 1.57. The van der Waals surface area contributed by atoms with Crippen LogP contribution in [0.25, 0.3) is 11.2 Å². The Bertz CT molecular complexity index is 934. The van der Waals surface area contributed by atoms with Gasteiger partial charge in [-0.15, -0.1) is 0 Å². The SMILES string of the molecule is C[C@H](Cc1ccccc1)Nc1ncnc2c1ncn2[C@@H]1O[C@H](CO)[C@H](O)C1O. The summed E-state index contributed by atoms with van der Waals surface area (Å²) in [5.41, 5.74) is 2.23. The first-order valence-corrected chi connectivity index (χ1v) is 9.19. The molecule has 1 aliphatic heterocycles. The molecule has 9 heteroatoms. The van der Waals surface area contributed by atoms with Crippen LogP contribution in [0.1, 0.15) is 18.7 Å². The number of nitrogens with zero attached hydrogens (tertiary/aromatic N) is 4. The molecule has 1 aromatic carbocycles. The quantitative estimate of drug-likeness (QED) is 0.483. The molecule has 148 valence electrons. The van der Waals surface area contributed by atoms with E-state index in [1.165, 1.54) is 18.2 Å². The predicted octanol–water partition coefficient (Wildman–Crippen LogP) is 0.481. The fourth-order valence-electron chi connectivity index (χ4n) is 3.51. The highest BCUT2D eigenvalue weighted by Gasteiger charge is 2.44. The summed E-state index contributed by atoms with van der Waals surface area (Å²) in [5.74, 6) is 0.582. The van der Waals surface area contributed by atoms with E-state index in [9.17, 15) is 15.3 Å². The third kappa shape index (κ3) is 3.45. The maximum atomic E-state index is 10.3. The van der Waals surface area contributed by atoms with Crippen molar-refractivity contribution in [3.63, 3.8) is 0 Å². The van der Waals surface area contributed by atoms with E-state index < -0.39 is 24.5 Å². The van der Waals surface area contributed by atoms with Crippen molar-refractivity contribution in [2.75, 3.05) is 11.9 Å². The molecule has 5 atom stereocenters. The smallest absolute Gasteiger partial charge is 0.167 e. The number of fused-ring (bicyclic) bond motifs is 1. The molecule has 1 aliphatic rings. The van der Waals surface area contributed by atoms with Crippen LogP contribution in [0, 0.1) is 0 Å². The Hall–Kier alpha value is -2.59. The molecule has 9 nitrogen and oxygen atoms in total. The van der Waals surface area contributed by atoms with Gasteiger partial charge in [0.05, 0.1) is 12.9 Å². The van der Waals surface area contributed by atoms with Crippen molar-refractivity contribution in [3.05, 3.63) is 48.5 Å². The number of aromatic nitrogens is 4. The van der Waals surface area contributed by atoms with E-state index >= 15 is 0 Å². The van der Waals surface area contributed by atoms with Gasteiger partial charge >= 0.3 is 0 Å². The van der Waals surface area contributed by atoms with Gasteiger partial charge in [-0.3, -0.25) is 4.57 Å². The number of anilines is 1. The fraction of sp³-hybridized carbons (Fsp3) is 0.421. The van der Waals surface area contributed by atoms with Crippen LogP contribution in [0.3, 0.4) is 0 Å². The van der Waals surface area contributed by atoms with Crippen LogP contribution >= 0.6 is 0 Å². The summed E-state index contributed by atoms with van der Waals surface area (Å²) < 4.78 is 7.13. The lowest BCUT2D eigenvalue weighted by Crippen LogP contribution is -2.33. The van der Waals surface area contributed by atoms with Crippen LogP contribution in [0.2, 0.25) is 0 Å². The monoisotopic (exact) mass is 385 g/mol. The molecule has 3 aromatic rings. The topological polar surface area (TPSA) is 126 Å². The molecular weight excluding hydrogens is 362 g/mol. The molecule has 1 fully saturated rings. The maximum absolute atomic E-state index is 10.3. The molecule has 28 heavy (non-hydrogen) atoms. The maximum Gasteiger partial charge on any atom is 0.167 e. The number of hydrogen-bond acceptors (Lipinski definition) is 8. The highest BCUT2D eigenvalue weighted by atomic mass is 16.6. The Morgan fingerprint density at radius 1 is 1.14 bits per heavy atom. The predicted molar refractivity (Wildman–Crippen MR) is 102 cm³/mol. The Kier molecular flexibility index (Phi) is 5.23. The minimum atomic E-state index is -1.20. The summed E-state index contributed by atoms with van der Waals surface area (Å²) in [6.07, 6.45) is -0.395. The van der Waals surface area contributed by atoms with Crippen LogP contribution in [0.15, 0.2) is 43.0 Å². The summed E-state index contributed by atoms with van der Waals surface area (Å²) in [4.78, 5) is 12.9. The molecule has 0 amide bonds. The minimum Gasteiger partial charge on any atom is -0.394 e. The van der Waals surface area contributed by atoms with E-state index in [4.69, 9.17) is 4.74 Å². The summed E-state index contributed by atoms with van der Waals surface area (Å²) in [6.45, 7) is 1.67. The molecule has 0 saturated carbocycles. The molecule has 3 heterocycles. The minimum absolute atomic E-state index is 0.111. The molecule has 0 spiro atoms. The number of aliphatic hydroxyl groups is 3. The second-order valence-electron chi connectivity index (χ2n) is 7.01. The van der Waals surface area contributed by atoms with E-state index in [0.29, 0.717) is 17.0 Å². The van der Waals surface area contributed by atoms with E-state index in [-0.39, 0.29) is 12.6 Å². The second-order valence-corrected chi connectivity index (χ2v) is 7.01. The standard InChI is InChI=1S/C19H23N5O4/c1-11(7-12-5-3-2-4-6-12)23-17-14-18(21-9-20-17)24(10-22-14)19-16(27)15(26)13(8-25)28-19/h2-6,9-11,13,15-16,19,25-27H,7-8H2,1H3,(H,20,21,23)/t11-,13-,15+,16?,19-/m1/s1. The first-order chi connectivity index (χ1) is 13.6. The van der Waals surface area contributed by atoms with Crippen molar-refractivity contribution >= 4 is 17.0 Å². The van der Waals surface area contributed by atoms with Crippen LogP contribution in [-0.2, 0) is 11.2 Å². The number of benzene rings is 1. The molecule has 1 unspecified atom stereocenters. The molecule has 1 saturated heterocycles. The lowest BCUT2D eigenvalue weighted by Gasteiger charge is -2.17. The molecule has 0 aliphatic carbocycles. The Morgan fingerprint density at radius 2 is 1.93 bits per heavy atom. The van der Waals surface area contributed by atoms with E-state index in [2.05, 4.69) is 39.3 Å². The summed E-state index contributed by atoms with van der Waals surface area (Å²) >= 11 is 0. The first kappa shape index (κ1) is 18.8. The third-order valence-corrected chi connectivity index (χ3v) is 4.92. The number of aliphatic hydroxyl groups excluding tert-OH is 3. The number of imidazole rings is 1. The van der Waals surface area contributed by atoms with Gasteiger partial charge in [0.2, 0.25) is 0 Å². The zero-order valence-corrected chi connectivity index (χ0v) is 15.4. The molecule has 0 bridgehead atoms. The largest absolute Gasteiger partial charge is 0.394 e. The van der Waals surface area contributed by atoms with Gasteiger partial charge in [0.15, 0.2) is 23.2 Å². The average molecular weight is 385 g/mol. The zero-order chi connectivity index (χ0) is 19.7. The van der Waals surface area contributed by atoms with Crippen LogP contribution in [-0.4, -0.2) is 65.8 Å². The van der Waals surface area contributed by atoms with Crippen molar-refractivity contribution in [3.8, 4) is 0 Å². The highest BCUT2D eigenvalue weighted by Crippen LogP contribution is 2.32. The van der Waals surface area contributed by atoms with Crippen molar-refractivity contribution in [1.82, 2.24) is 19.5 Å². The van der Waals surface area contributed by atoms with Gasteiger partial charge in [0.25, 0.3) is 0 Å². The summed E-state index contributed by atoms with van der Waals surface area (Å²) in [7, 11) is 0. The van der Waals surface area contributed by atoms with Gasteiger partial charge in [0.1, 0.15) is 24.6 Å².